The molecule has 0 radical (unpaired) electrons. The van der Waals surface area contributed by atoms with Crippen LogP contribution in [0.1, 0.15) is 30.9 Å². The molecule has 1 aliphatic rings. The van der Waals surface area contributed by atoms with Crippen molar-refractivity contribution in [3.8, 4) is 11.5 Å². The number of phenolic OH excluding ortho intramolecular Hbond substituents is 2. The molecule has 0 heterocycles. The minimum Gasteiger partial charge on any atom is -0.508 e. The van der Waals surface area contributed by atoms with Crippen LogP contribution in [0.4, 0.5) is 0 Å². The van der Waals surface area contributed by atoms with Crippen molar-refractivity contribution in [3.63, 3.8) is 0 Å². The minimum absolute atomic E-state index is 0. The maximum absolute atomic E-state index is 9.59. The molecule has 84 valence electrons. The van der Waals surface area contributed by atoms with Gasteiger partial charge in [0, 0.05) is 17.7 Å². The molecule has 0 spiro atoms. The molecule has 0 aliphatic heterocycles. The van der Waals surface area contributed by atoms with Crippen LogP contribution in [-0.2, 0) is 0 Å². The van der Waals surface area contributed by atoms with Crippen LogP contribution in [0, 0.1) is 5.92 Å². The highest BCUT2D eigenvalue weighted by Gasteiger charge is 2.27. The average Bonchev–Trinajstić information content (AvgIpc) is 2.00. The minimum atomic E-state index is -0.0932. The first-order valence-corrected chi connectivity index (χ1v) is 4.96. The lowest BCUT2D eigenvalue weighted by atomic mass is 9.77. The third-order valence-corrected chi connectivity index (χ3v) is 3.03. The van der Waals surface area contributed by atoms with Crippen LogP contribution in [-0.4, -0.2) is 10.2 Å². The van der Waals surface area contributed by atoms with Gasteiger partial charge in [-0.3, -0.25) is 0 Å². The molecular weight excluding hydrogens is 214 g/mol. The Balaban J connectivity index is 0.00000112. The van der Waals surface area contributed by atoms with E-state index >= 15 is 0 Å². The molecule has 15 heavy (non-hydrogen) atoms. The summed E-state index contributed by atoms with van der Waals surface area (Å²) in [5, 5.41) is 18.7. The number of benzene rings is 1. The predicted molar refractivity (Wildman–Crippen MR) is 61.3 cm³/mol. The molecule has 3 nitrogen and oxygen atoms in total. The van der Waals surface area contributed by atoms with E-state index in [1.165, 1.54) is 12.5 Å². The summed E-state index contributed by atoms with van der Waals surface area (Å²) in [7, 11) is 0. The Morgan fingerprint density at radius 1 is 1.27 bits per heavy atom. The summed E-state index contributed by atoms with van der Waals surface area (Å²) < 4.78 is 0. The summed E-state index contributed by atoms with van der Waals surface area (Å²) in [6.45, 7) is 0. The molecule has 2 rings (SSSR count). The van der Waals surface area contributed by atoms with Crippen molar-refractivity contribution in [2.75, 3.05) is 0 Å². The van der Waals surface area contributed by atoms with Gasteiger partial charge in [0.1, 0.15) is 11.5 Å². The van der Waals surface area contributed by atoms with Gasteiger partial charge in [-0.1, -0.05) is 12.5 Å². The van der Waals surface area contributed by atoms with Crippen molar-refractivity contribution >= 4 is 12.4 Å². The van der Waals surface area contributed by atoms with Gasteiger partial charge >= 0.3 is 0 Å². The molecule has 1 aliphatic carbocycles. The van der Waals surface area contributed by atoms with Gasteiger partial charge in [-0.25, -0.2) is 0 Å². The van der Waals surface area contributed by atoms with E-state index in [4.69, 9.17) is 10.8 Å². The second kappa shape index (κ2) is 4.73. The van der Waals surface area contributed by atoms with Crippen LogP contribution in [0.2, 0.25) is 0 Å². The van der Waals surface area contributed by atoms with E-state index in [1.807, 2.05) is 0 Å². The van der Waals surface area contributed by atoms with Gasteiger partial charge in [-0.2, -0.15) is 0 Å². The van der Waals surface area contributed by atoms with Crippen LogP contribution in [0.15, 0.2) is 18.2 Å². The summed E-state index contributed by atoms with van der Waals surface area (Å²) in [4.78, 5) is 0. The number of rotatable bonds is 2. The topological polar surface area (TPSA) is 66.5 Å². The molecule has 4 heteroatoms. The largest absolute Gasteiger partial charge is 0.508 e. The van der Waals surface area contributed by atoms with Gasteiger partial charge in [-0.15, -0.1) is 12.4 Å². The molecule has 0 amide bonds. The number of aromatic hydroxyl groups is 2. The highest BCUT2D eigenvalue weighted by Crippen LogP contribution is 2.39. The molecule has 0 bridgehead atoms. The molecular formula is C11H16ClNO2. The first-order chi connectivity index (χ1) is 6.68. The standard InChI is InChI=1S/C11H15NO2.ClH/c12-11(7-2-1-3-7)9-5-4-8(13)6-10(9)14;/h4-7,11,13-14H,1-3,12H2;1H/t11-;/m0./s1. The number of nitrogens with two attached hydrogens (primary N) is 1. The van der Waals surface area contributed by atoms with Gasteiger partial charge in [0.05, 0.1) is 0 Å². The first-order valence-electron chi connectivity index (χ1n) is 4.96. The maximum atomic E-state index is 9.59. The van der Waals surface area contributed by atoms with Crippen LogP contribution in [0.3, 0.4) is 0 Å². The van der Waals surface area contributed by atoms with Crippen LogP contribution < -0.4 is 5.73 Å². The summed E-state index contributed by atoms with van der Waals surface area (Å²) in [5.74, 6) is 0.668. The molecule has 0 saturated heterocycles. The Morgan fingerprint density at radius 3 is 2.40 bits per heavy atom. The molecule has 1 atom stereocenters. The zero-order valence-electron chi connectivity index (χ0n) is 8.39. The number of phenols is 2. The van der Waals surface area contributed by atoms with Crippen molar-refractivity contribution in [3.05, 3.63) is 23.8 Å². The van der Waals surface area contributed by atoms with Gasteiger partial charge < -0.3 is 15.9 Å². The Hall–Kier alpha value is -0.930. The van der Waals surface area contributed by atoms with Crippen LogP contribution >= 0.6 is 12.4 Å². The van der Waals surface area contributed by atoms with E-state index in [0.717, 1.165) is 18.4 Å². The number of hydrogen-bond donors (Lipinski definition) is 3. The third kappa shape index (κ3) is 2.36. The van der Waals surface area contributed by atoms with Crippen molar-refractivity contribution < 1.29 is 10.2 Å². The zero-order valence-corrected chi connectivity index (χ0v) is 9.20. The second-order valence-electron chi connectivity index (χ2n) is 3.96. The van der Waals surface area contributed by atoms with Crippen molar-refractivity contribution in [1.29, 1.82) is 0 Å². The lowest BCUT2D eigenvalue weighted by Gasteiger charge is -2.31. The highest BCUT2D eigenvalue weighted by molar-refractivity contribution is 5.85. The molecule has 1 aromatic rings. The van der Waals surface area contributed by atoms with E-state index in [2.05, 4.69) is 0 Å². The van der Waals surface area contributed by atoms with Gasteiger partial charge in [-0.05, 0) is 24.8 Å². The third-order valence-electron chi connectivity index (χ3n) is 3.03. The smallest absolute Gasteiger partial charge is 0.124 e. The Labute approximate surface area is 95.3 Å². The fourth-order valence-corrected chi connectivity index (χ4v) is 1.87. The Morgan fingerprint density at radius 2 is 1.93 bits per heavy atom. The fourth-order valence-electron chi connectivity index (χ4n) is 1.87. The summed E-state index contributed by atoms with van der Waals surface area (Å²) in [5.41, 5.74) is 6.75. The van der Waals surface area contributed by atoms with Crippen LogP contribution in [0.25, 0.3) is 0 Å². The van der Waals surface area contributed by atoms with Crippen molar-refractivity contribution in [1.82, 2.24) is 0 Å². The van der Waals surface area contributed by atoms with E-state index in [9.17, 15) is 5.11 Å². The molecule has 0 unspecified atom stereocenters. The van der Waals surface area contributed by atoms with Crippen molar-refractivity contribution in [2.45, 2.75) is 25.3 Å². The summed E-state index contributed by atoms with van der Waals surface area (Å²) >= 11 is 0. The predicted octanol–water partition coefficient (Wildman–Crippen LogP) is 2.32. The maximum Gasteiger partial charge on any atom is 0.124 e. The summed E-state index contributed by atoms with van der Waals surface area (Å²) in [6, 6.07) is 4.51. The van der Waals surface area contributed by atoms with Gasteiger partial charge in [0.25, 0.3) is 0 Å². The lowest BCUT2D eigenvalue weighted by molar-refractivity contribution is 0.260. The van der Waals surface area contributed by atoms with Crippen LogP contribution in [0.5, 0.6) is 11.5 Å². The monoisotopic (exact) mass is 229 g/mol. The van der Waals surface area contributed by atoms with E-state index in [1.54, 1.807) is 12.1 Å². The quantitative estimate of drug-likeness (QED) is 0.729. The van der Waals surface area contributed by atoms with E-state index in [0.29, 0.717) is 5.92 Å². The second-order valence-corrected chi connectivity index (χ2v) is 3.96. The molecule has 0 aromatic heterocycles. The SMILES string of the molecule is Cl.N[C@H](c1ccc(O)cc1O)C1CCC1. The average molecular weight is 230 g/mol. The zero-order chi connectivity index (χ0) is 10.1. The Bertz CT molecular complexity index is 339. The normalized spacial score (nSPS) is 17.7. The molecule has 1 aromatic carbocycles. The van der Waals surface area contributed by atoms with E-state index in [-0.39, 0.29) is 29.9 Å². The van der Waals surface area contributed by atoms with Gasteiger partial charge in [0.2, 0.25) is 0 Å². The molecule has 1 saturated carbocycles. The molecule has 1 fully saturated rings. The summed E-state index contributed by atoms with van der Waals surface area (Å²) in [6.07, 6.45) is 3.51. The van der Waals surface area contributed by atoms with Crippen molar-refractivity contribution in [2.24, 2.45) is 11.7 Å². The van der Waals surface area contributed by atoms with Gasteiger partial charge in [0.15, 0.2) is 0 Å². The Kier molecular flexibility index (Phi) is 3.83. The first kappa shape index (κ1) is 12.1. The number of halogens is 1. The molecule has 4 N–H and O–H groups in total. The fraction of sp³-hybridized carbons (Fsp3) is 0.455. The highest BCUT2D eigenvalue weighted by atomic mass is 35.5. The lowest BCUT2D eigenvalue weighted by Crippen LogP contribution is -2.26. The van der Waals surface area contributed by atoms with E-state index < -0.39 is 0 Å². The number of hydrogen-bond acceptors (Lipinski definition) is 3.